The molecule has 1 aromatic carbocycles. The number of pyridine rings is 1. The van der Waals surface area contributed by atoms with Crippen LogP contribution in [0.5, 0.6) is 5.88 Å². The Morgan fingerprint density at radius 2 is 1.97 bits per heavy atom. The van der Waals surface area contributed by atoms with Gasteiger partial charge in [-0.1, -0.05) is 30.3 Å². The van der Waals surface area contributed by atoms with Crippen LogP contribution in [0.1, 0.15) is 24.5 Å². The lowest BCUT2D eigenvalue weighted by Crippen LogP contribution is -2.47. The van der Waals surface area contributed by atoms with Crippen molar-refractivity contribution in [3.05, 3.63) is 59.8 Å². The van der Waals surface area contributed by atoms with E-state index in [1.54, 1.807) is 37.0 Å². The van der Waals surface area contributed by atoms with Crippen LogP contribution < -0.4 is 14.8 Å². The van der Waals surface area contributed by atoms with Crippen LogP contribution in [-0.4, -0.2) is 43.1 Å². The summed E-state index contributed by atoms with van der Waals surface area (Å²) in [5.41, 5.74) is 1.85. The fourth-order valence-electron chi connectivity index (χ4n) is 2.46. The number of thioether (sulfide) groups is 1. The predicted octanol–water partition coefficient (Wildman–Crippen LogP) is 2.34. The van der Waals surface area contributed by atoms with Crippen molar-refractivity contribution >= 4 is 27.7 Å². The number of sulfonamides is 1. The third kappa shape index (κ3) is 8.43. The van der Waals surface area contributed by atoms with E-state index >= 15 is 0 Å². The highest BCUT2D eigenvalue weighted by molar-refractivity contribution is 7.98. The maximum absolute atomic E-state index is 12.5. The molecule has 158 valence electrons. The third-order valence-corrected chi connectivity index (χ3v) is 6.17. The van der Waals surface area contributed by atoms with Crippen molar-refractivity contribution in [1.29, 1.82) is 0 Å². The molecule has 0 saturated heterocycles. The number of rotatable bonds is 12. The van der Waals surface area contributed by atoms with E-state index in [-0.39, 0.29) is 18.2 Å². The first kappa shape index (κ1) is 23.2. The van der Waals surface area contributed by atoms with Crippen LogP contribution in [0.3, 0.4) is 0 Å². The SMILES string of the molecule is CCS(=O)(=O)NC(CCSC)C(=O)NCc1ccnc(OCc2ccccc2)c1. The van der Waals surface area contributed by atoms with Crippen LogP contribution in [0, 0.1) is 0 Å². The zero-order chi connectivity index (χ0) is 21.1. The Labute approximate surface area is 176 Å². The molecular weight excluding hydrogens is 410 g/mol. The van der Waals surface area contributed by atoms with Gasteiger partial charge in [-0.15, -0.1) is 0 Å². The van der Waals surface area contributed by atoms with E-state index in [2.05, 4.69) is 15.0 Å². The van der Waals surface area contributed by atoms with Gasteiger partial charge in [-0.3, -0.25) is 4.79 Å². The van der Waals surface area contributed by atoms with E-state index in [0.717, 1.165) is 11.1 Å². The Bertz CT molecular complexity index is 876. The van der Waals surface area contributed by atoms with Crippen molar-refractivity contribution in [2.75, 3.05) is 17.8 Å². The Balaban J connectivity index is 1.93. The van der Waals surface area contributed by atoms with Gasteiger partial charge in [0.05, 0.1) is 5.75 Å². The first-order valence-electron chi connectivity index (χ1n) is 9.32. The topological polar surface area (TPSA) is 97.4 Å². The van der Waals surface area contributed by atoms with Gasteiger partial charge in [-0.25, -0.2) is 18.1 Å². The van der Waals surface area contributed by atoms with Crippen LogP contribution in [0.15, 0.2) is 48.7 Å². The summed E-state index contributed by atoms with van der Waals surface area (Å²) in [6.45, 7) is 2.20. The van der Waals surface area contributed by atoms with Crippen LogP contribution in [0.2, 0.25) is 0 Å². The molecule has 0 aliphatic rings. The number of nitrogens with zero attached hydrogens (tertiary/aromatic N) is 1. The maximum Gasteiger partial charge on any atom is 0.238 e. The molecule has 2 N–H and O–H groups in total. The van der Waals surface area contributed by atoms with E-state index in [0.29, 0.717) is 24.7 Å². The number of nitrogens with one attached hydrogen (secondary N) is 2. The second kappa shape index (κ2) is 11.8. The van der Waals surface area contributed by atoms with Crippen molar-refractivity contribution in [3.63, 3.8) is 0 Å². The van der Waals surface area contributed by atoms with Crippen LogP contribution in [0.4, 0.5) is 0 Å². The lowest BCUT2D eigenvalue weighted by molar-refractivity contribution is -0.122. The summed E-state index contributed by atoms with van der Waals surface area (Å²) in [4.78, 5) is 16.7. The van der Waals surface area contributed by atoms with Gasteiger partial charge in [0.2, 0.25) is 21.8 Å². The molecule has 29 heavy (non-hydrogen) atoms. The Kier molecular flexibility index (Phi) is 9.43. The average molecular weight is 438 g/mol. The molecule has 0 fully saturated rings. The molecule has 1 heterocycles. The molecule has 0 spiro atoms. The third-order valence-electron chi connectivity index (χ3n) is 4.12. The van der Waals surface area contributed by atoms with Gasteiger partial charge in [0.25, 0.3) is 0 Å². The minimum absolute atomic E-state index is 0.0669. The number of carbonyl (C=O) groups is 1. The summed E-state index contributed by atoms with van der Waals surface area (Å²) in [6.07, 6.45) is 3.96. The van der Waals surface area contributed by atoms with Gasteiger partial charge >= 0.3 is 0 Å². The molecule has 1 aromatic heterocycles. The average Bonchev–Trinajstić information content (AvgIpc) is 2.74. The first-order chi connectivity index (χ1) is 13.9. The van der Waals surface area contributed by atoms with E-state index in [1.165, 1.54) is 0 Å². The summed E-state index contributed by atoms with van der Waals surface area (Å²) < 4.78 is 31.9. The minimum Gasteiger partial charge on any atom is -0.473 e. The van der Waals surface area contributed by atoms with Crippen LogP contribution in [0.25, 0.3) is 0 Å². The smallest absolute Gasteiger partial charge is 0.238 e. The van der Waals surface area contributed by atoms with Gasteiger partial charge in [-0.2, -0.15) is 11.8 Å². The molecule has 0 bridgehead atoms. The van der Waals surface area contributed by atoms with Gasteiger partial charge < -0.3 is 10.1 Å². The zero-order valence-electron chi connectivity index (χ0n) is 16.6. The molecule has 1 atom stereocenters. The van der Waals surface area contributed by atoms with Gasteiger partial charge in [0.1, 0.15) is 12.6 Å². The fourth-order valence-corrected chi connectivity index (χ4v) is 3.76. The predicted molar refractivity (Wildman–Crippen MR) is 116 cm³/mol. The lowest BCUT2D eigenvalue weighted by Gasteiger charge is -2.18. The molecule has 1 amide bonds. The largest absolute Gasteiger partial charge is 0.473 e. The monoisotopic (exact) mass is 437 g/mol. The maximum atomic E-state index is 12.5. The molecular formula is C20H27N3O4S2. The molecule has 0 radical (unpaired) electrons. The minimum atomic E-state index is -3.47. The van der Waals surface area contributed by atoms with Crippen molar-refractivity contribution in [3.8, 4) is 5.88 Å². The normalized spacial score (nSPS) is 12.3. The van der Waals surface area contributed by atoms with Gasteiger partial charge in [0.15, 0.2) is 0 Å². The highest BCUT2D eigenvalue weighted by atomic mass is 32.2. The number of carbonyl (C=O) groups excluding carboxylic acids is 1. The van der Waals surface area contributed by atoms with E-state index in [9.17, 15) is 13.2 Å². The Hall–Kier alpha value is -2.10. The van der Waals surface area contributed by atoms with Gasteiger partial charge in [-0.05, 0) is 42.5 Å². The number of hydrogen-bond acceptors (Lipinski definition) is 6. The molecule has 1 unspecified atom stereocenters. The summed E-state index contributed by atoms with van der Waals surface area (Å²) in [6, 6.07) is 12.5. The standard InChI is InChI=1S/C20H27N3O4S2/c1-3-29(25,26)23-18(10-12-28-2)20(24)22-14-17-9-11-21-19(13-17)27-15-16-7-5-4-6-8-16/h4-9,11,13,18,23H,3,10,12,14-15H2,1-2H3,(H,22,24). The van der Waals surface area contributed by atoms with Crippen molar-refractivity contribution in [2.45, 2.75) is 32.5 Å². The number of ether oxygens (including phenoxy) is 1. The van der Waals surface area contributed by atoms with Crippen LogP contribution in [-0.2, 0) is 28.0 Å². The Morgan fingerprint density at radius 1 is 1.21 bits per heavy atom. The van der Waals surface area contributed by atoms with Crippen molar-refractivity contribution in [1.82, 2.24) is 15.0 Å². The van der Waals surface area contributed by atoms with Crippen LogP contribution >= 0.6 is 11.8 Å². The summed E-state index contributed by atoms with van der Waals surface area (Å²) in [5.74, 6) is 0.727. The molecule has 0 saturated carbocycles. The fraction of sp³-hybridized carbons (Fsp3) is 0.400. The second-order valence-corrected chi connectivity index (χ2v) is 9.38. The molecule has 9 heteroatoms. The first-order valence-corrected chi connectivity index (χ1v) is 12.4. The van der Waals surface area contributed by atoms with Crippen molar-refractivity contribution < 1.29 is 17.9 Å². The summed E-state index contributed by atoms with van der Waals surface area (Å²) >= 11 is 1.56. The number of hydrogen-bond donors (Lipinski definition) is 2. The number of aromatic nitrogens is 1. The van der Waals surface area contributed by atoms with E-state index in [1.807, 2.05) is 36.6 Å². The highest BCUT2D eigenvalue weighted by Crippen LogP contribution is 2.12. The number of benzene rings is 1. The number of amides is 1. The lowest BCUT2D eigenvalue weighted by atomic mass is 10.2. The summed E-state index contributed by atoms with van der Waals surface area (Å²) in [5, 5.41) is 2.80. The molecule has 0 aliphatic carbocycles. The second-order valence-electron chi connectivity index (χ2n) is 6.35. The van der Waals surface area contributed by atoms with Gasteiger partial charge in [0, 0.05) is 18.8 Å². The van der Waals surface area contributed by atoms with E-state index < -0.39 is 16.1 Å². The molecule has 2 aromatic rings. The molecule has 7 nitrogen and oxygen atoms in total. The zero-order valence-corrected chi connectivity index (χ0v) is 18.3. The molecule has 0 aliphatic heterocycles. The quantitative estimate of drug-likeness (QED) is 0.529. The Morgan fingerprint density at radius 3 is 2.66 bits per heavy atom. The summed E-state index contributed by atoms with van der Waals surface area (Å²) in [7, 11) is -3.47. The highest BCUT2D eigenvalue weighted by Gasteiger charge is 2.22. The van der Waals surface area contributed by atoms with Crippen molar-refractivity contribution in [2.24, 2.45) is 0 Å². The molecule has 2 rings (SSSR count). The van der Waals surface area contributed by atoms with E-state index in [4.69, 9.17) is 4.74 Å².